The van der Waals surface area contributed by atoms with Crippen molar-refractivity contribution in [2.24, 2.45) is 5.92 Å². The van der Waals surface area contributed by atoms with Gasteiger partial charge in [-0.25, -0.2) is 4.39 Å². The quantitative estimate of drug-likeness (QED) is 0.764. The van der Waals surface area contributed by atoms with Crippen LogP contribution in [0.2, 0.25) is 5.02 Å². The minimum Gasteiger partial charge on any atom is -0.313 e. The summed E-state index contributed by atoms with van der Waals surface area (Å²) in [5.41, 5.74) is 0.698. The summed E-state index contributed by atoms with van der Waals surface area (Å²) in [6.07, 6.45) is 0.686. The molecule has 0 aliphatic heterocycles. The number of hydrogen-bond acceptors (Lipinski definition) is 2. The Bertz CT molecular complexity index is 384. The van der Waals surface area contributed by atoms with Gasteiger partial charge < -0.3 is 5.32 Å². The lowest BCUT2D eigenvalue weighted by atomic mass is 10.1. The second-order valence-electron chi connectivity index (χ2n) is 5.13. The molecule has 0 aliphatic carbocycles. The summed E-state index contributed by atoms with van der Waals surface area (Å²) in [6.45, 7) is 7.40. The predicted octanol–water partition coefficient (Wildman–Crippen LogP) is 4.39. The zero-order valence-electron chi connectivity index (χ0n) is 11.9. The molecule has 0 fully saturated rings. The molecule has 0 saturated carbocycles. The normalized spacial score (nSPS) is 12.9. The average molecular weight is 304 g/mol. The number of hydrogen-bond donors (Lipinski definition) is 1. The maximum Gasteiger partial charge on any atom is 0.126 e. The summed E-state index contributed by atoms with van der Waals surface area (Å²) < 4.78 is 13.7. The molecule has 0 aromatic heterocycles. The molecule has 1 unspecified atom stereocenters. The van der Waals surface area contributed by atoms with Gasteiger partial charge >= 0.3 is 0 Å². The zero-order valence-corrected chi connectivity index (χ0v) is 13.5. The Labute approximate surface area is 125 Å². The van der Waals surface area contributed by atoms with Gasteiger partial charge in [-0.05, 0) is 48.4 Å². The van der Waals surface area contributed by atoms with Crippen LogP contribution >= 0.6 is 23.4 Å². The molecule has 0 bridgehead atoms. The molecule has 1 N–H and O–H groups in total. The summed E-state index contributed by atoms with van der Waals surface area (Å²) in [7, 11) is 0. The van der Waals surface area contributed by atoms with E-state index < -0.39 is 0 Å². The summed E-state index contributed by atoms with van der Waals surface area (Å²) in [4.78, 5) is 0. The molecule has 0 amide bonds. The molecule has 0 heterocycles. The smallest absolute Gasteiger partial charge is 0.126 e. The Hall–Kier alpha value is -0.250. The minimum atomic E-state index is -0.166. The number of likely N-dealkylation sites (N-methyl/N-ethyl adjacent to an activating group) is 1. The first-order valence-electron chi connectivity index (χ1n) is 6.78. The van der Waals surface area contributed by atoms with Crippen molar-refractivity contribution >= 4 is 23.4 Å². The van der Waals surface area contributed by atoms with Crippen molar-refractivity contribution in [2.75, 3.05) is 18.1 Å². The van der Waals surface area contributed by atoms with Crippen LogP contribution < -0.4 is 5.32 Å². The topological polar surface area (TPSA) is 12.0 Å². The lowest BCUT2D eigenvalue weighted by molar-refractivity contribution is 0.545. The highest BCUT2D eigenvalue weighted by Crippen LogP contribution is 2.18. The highest BCUT2D eigenvalue weighted by molar-refractivity contribution is 7.99. The number of benzene rings is 1. The van der Waals surface area contributed by atoms with E-state index in [4.69, 9.17) is 11.6 Å². The van der Waals surface area contributed by atoms with Crippen molar-refractivity contribution in [3.63, 3.8) is 0 Å². The fraction of sp³-hybridized carbons (Fsp3) is 0.600. The van der Waals surface area contributed by atoms with E-state index in [1.165, 1.54) is 6.07 Å². The van der Waals surface area contributed by atoms with Crippen LogP contribution in [-0.4, -0.2) is 24.1 Å². The lowest BCUT2D eigenvalue weighted by Crippen LogP contribution is -2.33. The molecular weight excluding hydrogens is 281 g/mol. The third-order valence-electron chi connectivity index (χ3n) is 2.74. The SMILES string of the molecule is CCNC(CSCC(C)C)Cc1cc(Cl)ccc1F. The van der Waals surface area contributed by atoms with Crippen LogP contribution in [0.3, 0.4) is 0 Å². The highest BCUT2D eigenvalue weighted by atomic mass is 35.5. The number of rotatable bonds is 8. The van der Waals surface area contributed by atoms with Crippen LogP contribution in [0.5, 0.6) is 0 Å². The molecule has 1 nitrogen and oxygen atoms in total. The summed E-state index contributed by atoms with van der Waals surface area (Å²) in [5, 5.41) is 4.02. The van der Waals surface area contributed by atoms with Gasteiger partial charge in [0.15, 0.2) is 0 Å². The largest absolute Gasteiger partial charge is 0.313 e. The van der Waals surface area contributed by atoms with Crippen molar-refractivity contribution in [2.45, 2.75) is 33.2 Å². The molecular formula is C15H23ClFNS. The number of halogens is 2. The Balaban J connectivity index is 2.58. The van der Waals surface area contributed by atoms with Gasteiger partial charge in [-0.15, -0.1) is 0 Å². The van der Waals surface area contributed by atoms with Gasteiger partial charge in [0, 0.05) is 16.8 Å². The molecule has 19 heavy (non-hydrogen) atoms. The molecule has 0 aliphatic rings. The third kappa shape index (κ3) is 6.64. The fourth-order valence-electron chi connectivity index (χ4n) is 1.89. The maximum absolute atomic E-state index is 13.7. The van der Waals surface area contributed by atoms with E-state index in [1.54, 1.807) is 12.1 Å². The molecule has 1 atom stereocenters. The molecule has 1 rings (SSSR count). The Morgan fingerprint density at radius 1 is 1.32 bits per heavy atom. The van der Waals surface area contributed by atoms with Crippen LogP contribution in [0.1, 0.15) is 26.3 Å². The molecule has 4 heteroatoms. The lowest BCUT2D eigenvalue weighted by Gasteiger charge is -2.18. The van der Waals surface area contributed by atoms with Gasteiger partial charge in [-0.2, -0.15) is 11.8 Å². The van der Waals surface area contributed by atoms with Gasteiger partial charge in [-0.1, -0.05) is 32.4 Å². The first-order valence-corrected chi connectivity index (χ1v) is 8.31. The second-order valence-corrected chi connectivity index (χ2v) is 6.64. The van der Waals surface area contributed by atoms with E-state index in [-0.39, 0.29) is 5.82 Å². The summed E-state index contributed by atoms with van der Waals surface area (Å²) >= 11 is 7.85. The first kappa shape index (κ1) is 16.8. The zero-order chi connectivity index (χ0) is 14.3. The van der Waals surface area contributed by atoms with Gasteiger partial charge in [0.25, 0.3) is 0 Å². The van der Waals surface area contributed by atoms with Crippen LogP contribution in [0.25, 0.3) is 0 Å². The van der Waals surface area contributed by atoms with Crippen molar-refractivity contribution in [1.82, 2.24) is 5.32 Å². The first-order chi connectivity index (χ1) is 9.02. The average Bonchev–Trinajstić information content (AvgIpc) is 2.33. The van der Waals surface area contributed by atoms with Crippen LogP contribution in [-0.2, 0) is 6.42 Å². The highest BCUT2D eigenvalue weighted by Gasteiger charge is 2.12. The molecule has 1 aromatic rings. The predicted molar refractivity (Wildman–Crippen MR) is 84.7 cm³/mol. The van der Waals surface area contributed by atoms with E-state index in [9.17, 15) is 4.39 Å². The summed E-state index contributed by atoms with van der Waals surface area (Å²) in [5.74, 6) is 2.66. The van der Waals surface area contributed by atoms with E-state index in [1.807, 2.05) is 11.8 Å². The number of nitrogens with one attached hydrogen (secondary N) is 1. The van der Waals surface area contributed by atoms with Crippen LogP contribution in [0.4, 0.5) is 4.39 Å². The van der Waals surface area contributed by atoms with Crippen molar-refractivity contribution in [3.05, 3.63) is 34.6 Å². The standard InChI is InChI=1S/C15H23ClFNS/c1-4-18-14(10-19-9-11(2)3)8-12-7-13(16)5-6-15(12)17/h5-7,11,14,18H,4,8-10H2,1-3H3. The molecule has 108 valence electrons. The van der Waals surface area contributed by atoms with Gasteiger partial charge in [-0.3, -0.25) is 0 Å². The molecule has 0 saturated heterocycles. The van der Waals surface area contributed by atoms with Gasteiger partial charge in [0.1, 0.15) is 5.82 Å². The third-order valence-corrected chi connectivity index (χ3v) is 4.51. The van der Waals surface area contributed by atoms with Crippen molar-refractivity contribution in [1.29, 1.82) is 0 Å². The van der Waals surface area contributed by atoms with E-state index in [0.29, 0.717) is 29.0 Å². The Kier molecular flexibility index (Phi) is 7.81. The Morgan fingerprint density at radius 2 is 2.05 bits per heavy atom. The van der Waals surface area contributed by atoms with Gasteiger partial charge in [0.2, 0.25) is 0 Å². The Morgan fingerprint density at radius 3 is 2.68 bits per heavy atom. The monoisotopic (exact) mass is 303 g/mol. The minimum absolute atomic E-state index is 0.166. The van der Waals surface area contributed by atoms with E-state index in [2.05, 4.69) is 26.1 Å². The van der Waals surface area contributed by atoms with Gasteiger partial charge in [0.05, 0.1) is 0 Å². The van der Waals surface area contributed by atoms with E-state index >= 15 is 0 Å². The number of thioether (sulfide) groups is 1. The second kappa shape index (κ2) is 8.83. The van der Waals surface area contributed by atoms with E-state index in [0.717, 1.165) is 18.1 Å². The van der Waals surface area contributed by atoms with Crippen molar-refractivity contribution < 1.29 is 4.39 Å². The van der Waals surface area contributed by atoms with Crippen LogP contribution in [0.15, 0.2) is 18.2 Å². The molecule has 1 aromatic carbocycles. The van der Waals surface area contributed by atoms with Crippen LogP contribution in [0, 0.1) is 11.7 Å². The fourth-order valence-corrected chi connectivity index (χ4v) is 3.21. The maximum atomic E-state index is 13.7. The molecule has 0 radical (unpaired) electrons. The summed E-state index contributed by atoms with van der Waals surface area (Å²) in [6, 6.07) is 5.06. The molecule has 0 spiro atoms. The van der Waals surface area contributed by atoms with Crippen molar-refractivity contribution in [3.8, 4) is 0 Å².